The molecule has 0 amide bonds. The van der Waals surface area contributed by atoms with E-state index >= 15 is 0 Å². The minimum Gasteiger partial charge on any atom is -0.307 e. The van der Waals surface area contributed by atoms with Crippen LogP contribution in [0.25, 0.3) is 27.8 Å². The van der Waals surface area contributed by atoms with Crippen molar-refractivity contribution in [2.75, 3.05) is 9.80 Å². The summed E-state index contributed by atoms with van der Waals surface area (Å²) in [5.74, 6) is 1.15. The van der Waals surface area contributed by atoms with Crippen LogP contribution in [0.2, 0.25) is 0 Å². The Morgan fingerprint density at radius 3 is 1.83 bits per heavy atom. The third-order valence-corrected chi connectivity index (χ3v) is 16.7. The molecule has 4 aliphatic carbocycles. The number of anilines is 6. The van der Waals surface area contributed by atoms with Gasteiger partial charge in [-0.25, -0.2) is 4.98 Å². The van der Waals surface area contributed by atoms with Crippen LogP contribution >= 0.6 is 0 Å². The molecule has 306 valence electrons. The second-order valence-electron chi connectivity index (χ2n) is 20.8. The highest BCUT2D eigenvalue weighted by Gasteiger charge is 2.59. The van der Waals surface area contributed by atoms with Crippen LogP contribution in [-0.2, 0) is 21.7 Å². The SMILES string of the molecule is CC.CC(C)(C)c1nc2cc3c(c4c2n1-c1ccc2c5c1B4c1cccc4c1N5c1c(cccc1C41c4ccccc4-c4ccccc41)N2c1ccccc1)C1(C)CCC3(C)CC1. The Morgan fingerprint density at radius 2 is 1.13 bits per heavy atom. The number of nitrogens with zero attached hydrogens (tertiary/aromatic N) is 4. The first kappa shape index (κ1) is 36.2. The number of benzene rings is 7. The van der Waals surface area contributed by atoms with Crippen molar-refractivity contribution in [1.82, 2.24) is 9.55 Å². The lowest BCUT2D eigenvalue weighted by Crippen LogP contribution is -2.65. The lowest BCUT2D eigenvalue weighted by molar-refractivity contribution is 0.189. The van der Waals surface area contributed by atoms with Crippen molar-refractivity contribution in [3.8, 4) is 16.8 Å². The zero-order valence-corrected chi connectivity index (χ0v) is 37.4. The summed E-state index contributed by atoms with van der Waals surface area (Å²) in [5, 5.41) is 0. The summed E-state index contributed by atoms with van der Waals surface area (Å²) >= 11 is 0. The zero-order valence-electron chi connectivity index (χ0n) is 37.4. The highest BCUT2D eigenvalue weighted by molar-refractivity contribution is 7.00. The van der Waals surface area contributed by atoms with Gasteiger partial charge in [-0.1, -0.05) is 146 Å². The maximum absolute atomic E-state index is 5.72. The van der Waals surface area contributed by atoms with Gasteiger partial charge >= 0.3 is 0 Å². The van der Waals surface area contributed by atoms with Gasteiger partial charge in [0.05, 0.1) is 39.2 Å². The summed E-state index contributed by atoms with van der Waals surface area (Å²) in [6, 6.07) is 51.6. The summed E-state index contributed by atoms with van der Waals surface area (Å²) in [4.78, 5) is 11.0. The fraction of sp³-hybridized carbons (Fsp3) is 0.259. The van der Waals surface area contributed by atoms with E-state index in [0.29, 0.717) is 0 Å². The van der Waals surface area contributed by atoms with Crippen molar-refractivity contribution in [2.45, 2.75) is 95.8 Å². The minimum absolute atomic E-state index is 0.0405. The van der Waals surface area contributed by atoms with Gasteiger partial charge in [-0.15, -0.1) is 0 Å². The maximum atomic E-state index is 5.72. The molecule has 0 unspecified atom stereocenters. The lowest BCUT2D eigenvalue weighted by Gasteiger charge is -2.56. The second kappa shape index (κ2) is 11.6. The Morgan fingerprint density at radius 1 is 0.540 bits per heavy atom. The highest BCUT2D eigenvalue weighted by atomic mass is 15.3. The van der Waals surface area contributed by atoms with Crippen molar-refractivity contribution in [3.05, 3.63) is 173 Å². The Kier molecular flexibility index (Phi) is 6.67. The Hall–Kier alpha value is -6.33. The van der Waals surface area contributed by atoms with Crippen LogP contribution in [0.5, 0.6) is 0 Å². The molecule has 1 saturated carbocycles. The van der Waals surface area contributed by atoms with Crippen molar-refractivity contribution >= 4 is 68.3 Å². The highest BCUT2D eigenvalue weighted by Crippen LogP contribution is 2.68. The average molecular weight is 815 g/mol. The predicted octanol–water partition coefficient (Wildman–Crippen LogP) is 12.5. The molecule has 7 aromatic carbocycles. The molecule has 1 aromatic heterocycles. The van der Waals surface area contributed by atoms with Gasteiger partial charge in [-0.2, -0.15) is 0 Å². The second-order valence-corrected chi connectivity index (χ2v) is 20.8. The van der Waals surface area contributed by atoms with E-state index in [1.165, 1.54) is 126 Å². The number of fused-ring (bicyclic) bond motifs is 12. The molecule has 4 aliphatic heterocycles. The van der Waals surface area contributed by atoms with Gasteiger partial charge in [0, 0.05) is 22.5 Å². The lowest BCUT2D eigenvalue weighted by atomic mass is 9.31. The smallest absolute Gasteiger partial charge is 0.252 e. The molecule has 2 bridgehead atoms. The summed E-state index contributed by atoms with van der Waals surface area (Å²) < 4.78 is 2.63. The van der Waals surface area contributed by atoms with Crippen LogP contribution in [-0.4, -0.2) is 16.3 Å². The van der Waals surface area contributed by atoms with Gasteiger partial charge in [-0.3, -0.25) is 4.57 Å². The first-order valence-electron chi connectivity index (χ1n) is 23.5. The molecule has 0 radical (unpaired) electrons. The van der Waals surface area contributed by atoms with Gasteiger partial charge in [-0.05, 0) is 134 Å². The fourth-order valence-corrected chi connectivity index (χ4v) is 14.1. The van der Waals surface area contributed by atoms with E-state index in [2.05, 4.69) is 182 Å². The summed E-state index contributed by atoms with van der Waals surface area (Å²) in [5.41, 5.74) is 26.7. The Balaban J connectivity index is 0.00000190. The molecule has 1 fully saturated rings. The first-order valence-corrected chi connectivity index (χ1v) is 23.5. The minimum atomic E-state index is -0.505. The van der Waals surface area contributed by atoms with Gasteiger partial charge in [0.15, 0.2) is 0 Å². The van der Waals surface area contributed by atoms with E-state index in [4.69, 9.17) is 4.98 Å². The van der Waals surface area contributed by atoms with Gasteiger partial charge in [0.2, 0.25) is 0 Å². The van der Waals surface area contributed by atoms with Crippen LogP contribution in [0, 0.1) is 0 Å². The van der Waals surface area contributed by atoms with E-state index < -0.39 is 5.41 Å². The average Bonchev–Trinajstić information content (AvgIpc) is 3.85. The first-order chi connectivity index (χ1) is 30.6. The van der Waals surface area contributed by atoms with Crippen molar-refractivity contribution in [1.29, 1.82) is 0 Å². The number of hydrogen-bond donors (Lipinski definition) is 0. The number of hydrogen-bond acceptors (Lipinski definition) is 3. The van der Waals surface area contributed by atoms with Gasteiger partial charge in [0.1, 0.15) is 5.82 Å². The van der Waals surface area contributed by atoms with Crippen molar-refractivity contribution < 1.29 is 0 Å². The molecule has 1 spiro atoms. The molecule has 0 atom stereocenters. The molecule has 5 heterocycles. The third-order valence-electron chi connectivity index (χ3n) is 16.7. The van der Waals surface area contributed by atoms with Crippen molar-refractivity contribution in [2.24, 2.45) is 0 Å². The topological polar surface area (TPSA) is 24.3 Å². The summed E-state index contributed by atoms with van der Waals surface area (Å²) in [6.07, 6.45) is 4.95. The van der Waals surface area contributed by atoms with Crippen LogP contribution < -0.4 is 26.2 Å². The number of rotatable bonds is 1. The number of aromatic nitrogens is 2. The fourth-order valence-electron chi connectivity index (χ4n) is 14.1. The normalized spacial score (nSPS) is 21.2. The van der Waals surface area contributed by atoms with Crippen LogP contribution in [0.15, 0.2) is 133 Å². The number of imidazole rings is 1. The van der Waals surface area contributed by atoms with E-state index in [-0.39, 0.29) is 23.0 Å². The van der Waals surface area contributed by atoms with E-state index in [9.17, 15) is 0 Å². The van der Waals surface area contributed by atoms with Gasteiger partial charge < -0.3 is 9.80 Å². The summed E-state index contributed by atoms with van der Waals surface area (Å²) in [7, 11) is 0. The predicted molar refractivity (Wildman–Crippen MR) is 263 cm³/mol. The molecule has 0 saturated heterocycles. The maximum Gasteiger partial charge on any atom is 0.252 e. The van der Waals surface area contributed by atoms with E-state index in [1.807, 2.05) is 13.8 Å². The largest absolute Gasteiger partial charge is 0.307 e. The molecule has 8 aromatic rings. The van der Waals surface area contributed by atoms with E-state index in [1.54, 1.807) is 11.1 Å². The van der Waals surface area contributed by atoms with Crippen LogP contribution in [0.4, 0.5) is 34.1 Å². The quantitative estimate of drug-likeness (QED) is 0.154. The molecule has 63 heavy (non-hydrogen) atoms. The van der Waals surface area contributed by atoms with Crippen LogP contribution in [0.3, 0.4) is 0 Å². The molecule has 16 rings (SSSR count). The molecule has 8 aliphatic rings. The van der Waals surface area contributed by atoms with Crippen LogP contribution in [0.1, 0.15) is 113 Å². The van der Waals surface area contributed by atoms with E-state index in [0.717, 1.165) is 5.82 Å². The third kappa shape index (κ3) is 3.98. The monoisotopic (exact) mass is 814 g/mol. The van der Waals surface area contributed by atoms with Gasteiger partial charge in [0.25, 0.3) is 6.71 Å². The molecule has 0 N–H and O–H groups in total. The molecular formula is C58H51BN4. The number of para-hydroxylation sites is 3. The van der Waals surface area contributed by atoms with Crippen molar-refractivity contribution in [3.63, 3.8) is 0 Å². The summed E-state index contributed by atoms with van der Waals surface area (Å²) in [6.45, 7) is 16.3. The Bertz CT molecular complexity index is 3310. The molecule has 5 heteroatoms. The standard InChI is InChI=1S/C56H45BN4.C2H6/c1-53(2,3)52-58-41-31-39-45(55(5)29-27-54(39,4)28-30-55)47-50(41)60(52)42-25-26-44-51-46(42)57(47)40-23-13-21-37-48(40)61(51)49-38(22-14-24-43(49)59(44)32-15-7-6-8-16-32)56(37)35-19-11-9-17-33(35)34-18-10-12-20-36(34)56;1-2/h6-26,31H,27-30H2,1-5H3;1-2H3. The molecule has 4 nitrogen and oxygen atoms in total. The molecular weight excluding hydrogens is 763 g/mol. The zero-order chi connectivity index (χ0) is 42.5. The Labute approximate surface area is 371 Å².